The van der Waals surface area contributed by atoms with Gasteiger partial charge in [0, 0.05) is 18.2 Å². The van der Waals surface area contributed by atoms with Gasteiger partial charge in [-0.05, 0) is 42.6 Å². The second kappa shape index (κ2) is 6.79. The first-order valence-corrected chi connectivity index (χ1v) is 7.79. The van der Waals surface area contributed by atoms with Crippen molar-refractivity contribution in [3.63, 3.8) is 0 Å². The van der Waals surface area contributed by atoms with Gasteiger partial charge < -0.3 is 14.9 Å². The number of nitrogens with two attached hydrogens (primary N) is 1. The highest BCUT2D eigenvalue weighted by atomic mass is 16.5. The maximum absolute atomic E-state index is 5.84. The molecule has 1 atom stereocenters. The summed E-state index contributed by atoms with van der Waals surface area (Å²) >= 11 is 0. The van der Waals surface area contributed by atoms with Crippen molar-refractivity contribution in [2.24, 2.45) is 11.7 Å². The molecule has 0 aliphatic carbocycles. The topological polar surface area (TPSA) is 74.2 Å². The average molecular weight is 311 g/mol. The lowest BCUT2D eigenvalue weighted by Gasteiger charge is -2.07. The third-order valence-corrected chi connectivity index (χ3v) is 3.93. The molecule has 0 spiro atoms. The van der Waals surface area contributed by atoms with Crippen molar-refractivity contribution in [2.45, 2.75) is 19.8 Å². The summed E-state index contributed by atoms with van der Waals surface area (Å²) in [6, 6.07) is 7.92. The number of nitrogens with zero attached hydrogens (tertiary/aromatic N) is 2. The van der Waals surface area contributed by atoms with Crippen LogP contribution in [0, 0.1) is 5.92 Å². The van der Waals surface area contributed by atoms with Gasteiger partial charge in [0.05, 0.1) is 13.3 Å². The Morgan fingerprint density at radius 3 is 2.96 bits per heavy atom. The number of fused-ring (bicyclic) bond motifs is 1. The molecule has 0 saturated heterocycles. The Kier molecular flexibility index (Phi) is 4.57. The molecular formula is C18H21N3O2. The number of aromatic nitrogens is 2. The van der Waals surface area contributed by atoms with Crippen LogP contribution in [0.5, 0.6) is 5.75 Å². The van der Waals surface area contributed by atoms with Gasteiger partial charge in [0.15, 0.2) is 11.5 Å². The van der Waals surface area contributed by atoms with Crippen LogP contribution in [0.1, 0.15) is 19.2 Å². The molecule has 1 aromatic carbocycles. The maximum atomic E-state index is 5.84. The van der Waals surface area contributed by atoms with Crippen molar-refractivity contribution in [1.29, 1.82) is 0 Å². The Bertz CT molecular complexity index is 798. The summed E-state index contributed by atoms with van der Waals surface area (Å²) in [6.45, 7) is 2.85. The SMILES string of the molecule is COc1cnccc1-c1ccc2oc(CC(C)CCN)nc2c1. The molecule has 2 heterocycles. The lowest BCUT2D eigenvalue weighted by molar-refractivity contribution is 0.414. The minimum atomic E-state index is 0.466. The van der Waals surface area contributed by atoms with E-state index in [0.717, 1.165) is 46.7 Å². The molecule has 5 nitrogen and oxygen atoms in total. The third-order valence-electron chi connectivity index (χ3n) is 3.93. The molecule has 0 bridgehead atoms. The van der Waals surface area contributed by atoms with Crippen LogP contribution in [-0.2, 0) is 6.42 Å². The van der Waals surface area contributed by atoms with E-state index in [-0.39, 0.29) is 0 Å². The number of benzene rings is 1. The van der Waals surface area contributed by atoms with Crippen LogP contribution in [0.15, 0.2) is 41.1 Å². The van der Waals surface area contributed by atoms with E-state index in [4.69, 9.17) is 14.9 Å². The Labute approximate surface area is 135 Å². The monoisotopic (exact) mass is 311 g/mol. The van der Waals surface area contributed by atoms with Crippen LogP contribution in [0.3, 0.4) is 0 Å². The number of hydrogen-bond donors (Lipinski definition) is 1. The first kappa shape index (κ1) is 15.5. The summed E-state index contributed by atoms with van der Waals surface area (Å²) in [6.07, 6.45) is 5.24. The molecule has 23 heavy (non-hydrogen) atoms. The van der Waals surface area contributed by atoms with Crippen LogP contribution in [-0.4, -0.2) is 23.6 Å². The van der Waals surface area contributed by atoms with Gasteiger partial charge in [-0.25, -0.2) is 4.98 Å². The predicted octanol–water partition coefficient (Wildman–Crippen LogP) is 3.43. The van der Waals surface area contributed by atoms with Crippen LogP contribution in [0.4, 0.5) is 0 Å². The molecule has 0 aliphatic rings. The first-order valence-electron chi connectivity index (χ1n) is 7.79. The number of rotatable bonds is 6. The molecule has 0 radical (unpaired) electrons. The fraction of sp³-hybridized carbons (Fsp3) is 0.333. The molecule has 120 valence electrons. The predicted molar refractivity (Wildman–Crippen MR) is 90.3 cm³/mol. The first-order chi connectivity index (χ1) is 11.2. The molecular weight excluding hydrogens is 290 g/mol. The van der Waals surface area contributed by atoms with Crippen molar-refractivity contribution < 1.29 is 9.15 Å². The zero-order valence-corrected chi connectivity index (χ0v) is 13.5. The standard InChI is InChI=1S/C18H21N3O2/c1-12(5-7-19)9-18-21-15-10-13(3-4-16(15)23-18)14-6-8-20-11-17(14)22-2/h3-4,6,8,10-12H,5,7,9,19H2,1-2H3. The fourth-order valence-corrected chi connectivity index (χ4v) is 2.70. The summed E-state index contributed by atoms with van der Waals surface area (Å²) in [5.41, 5.74) is 9.29. The summed E-state index contributed by atoms with van der Waals surface area (Å²) in [7, 11) is 1.64. The Morgan fingerprint density at radius 2 is 2.17 bits per heavy atom. The Morgan fingerprint density at radius 1 is 1.30 bits per heavy atom. The number of oxazole rings is 1. The summed E-state index contributed by atoms with van der Waals surface area (Å²) < 4.78 is 11.2. The highest BCUT2D eigenvalue weighted by Crippen LogP contribution is 2.31. The molecule has 1 unspecified atom stereocenters. The molecule has 5 heteroatoms. The Balaban J connectivity index is 1.93. The summed E-state index contributed by atoms with van der Waals surface area (Å²) in [5, 5.41) is 0. The Hall–Kier alpha value is -2.40. The average Bonchev–Trinajstić information content (AvgIpc) is 2.96. The van der Waals surface area contributed by atoms with E-state index >= 15 is 0 Å². The minimum Gasteiger partial charge on any atom is -0.494 e. The normalized spacial score (nSPS) is 12.5. The maximum Gasteiger partial charge on any atom is 0.195 e. The van der Waals surface area contributed by atoms with Gasteiger partial charge >= 0.3 is 0 Å². The van der Waals surface area contributed by atoms with Crippen LogP contribution in [0.2, 0.25) is 0 Å². The van der Waals surface area contributed by atoms with E-state index < -0.39 is 0 Å². The zero-order chi connectivity index (χ0) is 16.2. The zero-order valence-electron chi connectivity index (χ0n) is 13.5. The van der Waals surface area contributed by atoms with Gasteiger partial charge in [-0.1, -0.05) is 13.0 Å². The molecule has 3 aromatic rings. The number of pyridine rings is 1. The highest BCUT2D eigenvalue weighted by Gasteiger charge is 2.12. The van der Waals surface area contributed by atoms with Crippen molar-refractivity contribution in [3.8, 4) is 16.9 Å². The van der Waals surface area contributed by atoms with Gasteiger partial charge in [-0.15, -0.1) is 0 Å². The number of hydrogen-bond acceptors (Lipinski definition) is 5. The molecule has 0 aliphatic heterocycles. The fourth-order valence-electron chi connectivity index (χ4n) is 2.70. The van der Waals surface area contributed by atoms with Crippen LogP contribution in [0.25, 0.3) is 22.2 Å². The summed E-state index contributed by atoms with van der Waals surface area (Å²) in [4.78, 5) is 8.70. The molecule has 0 saturated carbocycles. The third kappa shape index (κ3) is 3.35. The smallest absolute Gasteiger partial charge is 0.195 e. The minimum absolute atomic E-state index is 0.466. The molecule has 2 aromatic heterocycles. The van der Waals surface area contributed by atoms with Gasteiger partial charge in [-0.3, -0.25) is 4.98 Å². The van der Waals surface area contributed by atoms with Crippen molar-refractivity contribution in [3.05, 3.63) is 42.5 Å². The van der Waals surface area contributed by atoms with Crippen LogP contribution < -0.4 is 10.5 Å². The number of methoxy groups -OCH3 is 1. The van der Waals surface area contributed by atoms with Gasteiger partial charge in [0.25, 0.3) is 0 Å². The molecule has 0 amide bonds. The van der Waals surface area contributed by atoms with Gasteiger partial charge in [-0.2, -0.15) is 0 Å². The molecule has 3 rings (SSSR count). The van der Waals surface area contributed by atoms with Crippen molar-refractivity contribution >= 4 is 11.1 Å². The quantitative estimate of drug-likeness (QED) is 0.755. The van der Waals surface area contributed by atoms with E-state index in [1.807, 2.05) is 24.3 Å². The van der Waals surface area contributed by atoms with E-state index in [2.05, 4.69) is 16.9 Å². The largest absolute Gasteiger partial charge is 0.494 e. The number of ether oxygens (including phenoxy) is 1. The van der Waals surface area contributed by atoms with E-state index in [0.29, 0.717) is 12.5 Å². The second-order valence-corrected chi connectivity index (χ2v) is 5.75. The lowest BCUT2D eigenvalue weighted by atomic mass is 10.0. The van der Waals surface area contributed by atoms with Gasteiger partial charge in [0.1, 0.15) is 11.3 Å². The molecule has 2 N–H and O–H groups in total. The highest BCUT2D eigenvalue weighted by molar-refractivity contribution is 5.82. The van der Waals surface area contributed by atoms with E-state index in [9.17, 15) is 0 Å². The lowest BCUT2D eigenvalue weighted by Crippen LogP contribution is -2.08. The van der Waals surface area contributed by atoms with E-state index in [1.54, 1.807) is 19.5 Å². The van der Waals surface area contributed by atoms with Crippen molar-refractivity contribution in [1.82, 2.24) is 9.97 Å². The van der Waals surface area contributed by atoms with E-state index in [1.165, 1.54) is 0 Å². The molecule has 0 fully saturated rings. The van der Waals surface area contributed by atoms with Crippen molar-refractivity contribution in [2.75, 3.05) is 13.7 Å². The second-order valence-electron chi connectivity index (χ2n) is 5.75. The summed E-state index contributed by atoms with van der Waals surface area (Å²) in [5.74, 6) is 1.97. The van der Waals surface area contributed by atoms with Gasteiger partial charge in [0.2, 0.25) is 0 Å². The van der Waals surface area contributed by atoms with Crippen LogP contribution >= 0.6 is 0 Å².